The van der Waals surface area contributed by atoms with Crippen LogP contribution >= 0.6 is 0 Å². The molecule has 0 aliphatic carbocycles. The minimum atomic E-state index is -1.77. The molecule has 0 aromatic heterocycles. The average Bonchev–Trinajstić information content (AvgIpc) is 0.719. The second-order valence-corrected chi connectivity index (χ2v) is 41.5. The Kier molecular flexibility index (Phi) is 34.2. The van der Waals surface area contributed by atoms with Crippen molar-refractivity contribution in [3.63, 3.8) is 0 Å². The van der Waals surface area contributed by atoms with Crippen molar-refractivity contribution in [1.29, 1.82) is 0 Å². The molecule has 0 aliphatic rings. The fraction of sp³-hybridized carbons (Fsp3) is 0.292. The molecule has 0 amide bonds. The molecule has 0 saturated heterocycles. The Morgan fingerprint density at radius 3 is 0.459 bits per heavy atom. The molecule has 12 aromatic carbocycles. The first-order valence-corrected chi connectivity index (χ1v) is 43.7. The van der Waals surface area contributed by atoms with Gasteiger partial charge in [-0.05, 0) is 227 Å². The zero-order valence-corrected chi connectivity index (χ0v) is 86.2. The maximum absolute atomic E-state index is 15.0. The predicted molar refractivity (Wildman–Crippen MR) is 519 cm³/mol. The van der Waals surface area contributed by atoms with E-state index in [2.05, 4.69) is 83.1 Å². The normalized spacial score (nSPS) is 13.2. The van der Waals surface area contributed by atoms with Crippen LogP contribution in [0.1, 0.15) is 277 Å². The van der Waals surface area contributed by atoms with Crippen LogP contribution in [-0.4, -0.2) is 49.7 Å². The Hall–Kier alpha value is -11.0. The van der Waals surface area contributed by atoms with Crippen molar-refractivity contribution >= 4 is 95.2 Å². The third-order valence-electron chi connectivity index (χ3n) is 23.2. The topological polar surface area (TPSA) is 283 Å². The maximum atomic E-state index is 15.0. The Bertz CT molecular complexity index is 5740. The first-order valence-electron chi connectivity index (χ1n) is 43.7. The van der Waals surface area contributed by atoms with Gasteiger partial charge >= 0.3 is 81.7 Å². The van der Waals surface area contributed by atoms with E-state index in [0.717, 1.165) is 22.3 Å². The molecule has 0 fully saturated rings. The molecule has 12 aromatic rings. The van der Waals surface area contributed by atoms with E-state index in [-0.39, 0.29) is 149 Å². The summed E-state index contributed by atoms with van der Waals surface area (Å²) in [5.41, 5.74) is 8.32. The van der Waals surface area contributed by atoms with E-state index in [0.29, 0.717) is 112 Å². The quantitative estimate of drug-likeness (QED) is 0.0400. The second-order valence-electron chi connectivity index (χ2n) is 41.5. The molecule has 0 unspecified atom stereocenters. The number of para-hydroxylation sites is 8. The summed E-state index contributed by atoms with van der Waals surface area (Å²) >= 11 is 0. The summed E-state index contributed by atoms with van der Waals surface area (Å²) in [6, 6.07) is 63.1. The molecule has 133 heavy (non-hydrogen) atoms. The van der Waals surface area contributed by atoms with Crippen LogP contribution < -0.4 is 40.9 Å². The Morgan fingerprint density at radius 2 is 0.316 bits per heavy atom. The minimum absolute atomic E-state index is 0. The number of benzene rings is 12. The smallest absolute Gasteiger partial charge is 0.872 e. The fourth-order valence-corrected chi connectivity index (χ4v) is 15.3. The van der Waals surface area contributed by atoms with Crippen LogP contribution in [-0.2, 0) is 130 Å². The zero-order valence-electron chi connectivity index (χ0n) is 80.0. The summed E-state index contributed by atoms with van der Waals surface area (Å²) in [7, 11) is 0. The molecule has 12 rings (SSSR count). The largest absolute Gasteiger partial charge is 2.00 e. The van der Waals surface area contributed by atoms with Crippen LogP contribution in [0.15, 0.2) is 258 Å². The number of hydrogen-bond acceptors (Lipinski definition) is 16. The molecular formula is C113H116N8O8Pd4. The van der Waals surface area contributed by atoms with Gasteiger partial charge in [0.1, 0.15) is 0 Å². The van der Waals surface area contributed by atoms with Gasteiger partial charge in [0.15, 0.2) is 0 Å². The van der Waals surface area contributed by atoms with Gasteiger partial charge in [0.2, 0.25) is 0 Å². The average molecular weight is 2140 g/mol. The van der Waals surface area contributed by atoms with Crippen molar-refractivity contribution in [2.45, 2.75) is 215 Å². The number of aliphatic imine (C=N–C) groups is 8. The van der Waals surface area contributed by atoms with Gasteiger partial charge in [-0.25, -0.2) is 0 Å². The SMILES string of the molecule is CC(C)(C)c1cc(C=Nc2ccccc2N=Cc2cc(C(c3ccc([O-])c(C=Nc4ccccc4N=Cc4cc(C(C)(C)C)cc(C(C)(C)C)c4[O-])c3)(c3ccc([O-])c(C=Nc4ccccc4N=Cc4cc(C(C)(C)C)cc(C(C)(C)C)c4[O-])c3)c3ccc([O-])c(C=Nc4ccccc4N=Cc4cc(C(C)(C)C)cc(C(C)(C)C)c4[O-])c3)ccc2[O-])c([O-])c(C(C)(C)C)c1.[Pd+2].[Pd+2].[Pd+2].[Pd+2]. The molecule has 0 aliphatic heterocycles. The van der Waals surface area contributed by atoms with Crippen molar-refractivity contribution in [3.8, 4) is 46.0 Å². The summed E-state index contributed by atoms with van der Waals surface area (Å²) in [5, 5.41) is 117. The molecule has 0 saturated carbocycles. The molecule has 0 bridgehead atoms. The van der Waals surface area contributed by atoms with Crippen LogP contribution in [0.2, 0.25) is 0 Å². The molecule has 0 spiro atoms. The van der Waals surface area contributed by atoms with Crippen LogP contribution in [0.25, 0.3) is 0 Å². The molecule has 0 atom stereocenters. The van der Waals surface area contributed by atoms with Crippen molar-refractivity contribution in [2.75, 3.05) is 0 Å². The van der Waals surface area contributed by atoms with E-state index >= 15 is 0 Å². The van der Waals surface area contributed by atoms with E-state index in [1.807, 2.05) is 156 Å². The maximum Gasteiger partial charge on any atom is 2.00 e. The van der Waals surface area contributed by atoms with Crippen LogP contribution in [0.4, 0.5) is 45.5 Å². The second kappa shape index (κ2) is 42.3. The summed E-state index contributed by atoms with van der Waals surface area (Å²) < 4.78 is 0. The van der Waals surface area contributed by atoms with E-state index in [4.69, 9.17) is 39.9 Å². The first kappa shape index (κ1) is 107. The number of hydrogen-bond donors (Lipinski definition) is 0. The van der Waals surface area contributed by atoms with Crippen molar-refractivity contribution in [2.24, 2.45) is 39.9 Å². The van der Waals surface area contributed by atoms with Gasteiger partial charge in [-0.15, -0.1) is 23.0 Å². The summed E-state index contributed by atoms with van der Waals surface area (Å²) in [6.07, 6.45) is 12.1. The van der Waals surface area contributed by atoms with Crippen LogP contribution in [0.5, 0.6) is 46.0 Å². The molecule has 0 N–H and O–H groups in total. The summed E-state index contributed by atoms with van der Waals surface area (Å²) in [5.74, 6) is -2.33. The van der Waals surface area contributed by atoms with Crippen LogP contribution in [0.3, 0.4) is 0 Å². The minimum Gasteiger partial charge on any atom is -0.872 e. The Labute approximate surface area is 841 Å². The third kappa shape index (κ3) is 25.2. The van der Waals surface area contributed by atoms with E-state index < -0.39 is 50.1 Å². The van der Waals surface area contributed by atoms with E-state index in [1.165, 1.54) is 49.1 Å². The standard InChI is InChI=1S/C113H124N8O8.4Pd/c1-105(2,3)81-53-73(101(126)85(57-81)109(13,14)15)65-118-93-37-29-25-33-89(93)114-61-69-49-77(41-45-97(69)122)113(78-42-46-98(123)70(50-78)62-115-90-34-26-30-38-94(90)119-66-74-54-82(106(4,5)6)58-86(102(74)127)110(16,17)18,79-43-47-99(124)71(51-79)63-116-91-35-27-31-39-95(91)120-67-75-55-83(107(7,8)9)59-87(103(75)128)111(19,20)21)80-44-48-100(125)72(52-80)64-117-92-36-28-32-40-96(92)121-68-76-56-84(108(10,11)12)60-88(104(76)129)112(22,23)24;;;;/h25-68,122-129H,1-24H3;;;;/q;4*+2/p-8. The number of nitrogens with zero attached hydrogens (tertiary/aromatic N) is 8. The molecule has 0 heterocycles. The van der Waals surface area contributed by atoms with Gasteiger partial charge in [0, 0.05) is 49.7 Å². The van der Waals surface area contributed by atoms with Gasteiger partial charge in [0.05, 0.1) is 50.9 Å². The fourth-order valence-electron chi connectivity index (χ4n) is 15.3. The summed E-state index contributed by atoms with van der Waals surface area (Å²) in [4.78, 5) is 39.6. The molecule has 20 heteroatoms. The zero-order chi connectivity index (χ0) is 94.1. The Balaban J connectivity index is 0.00000544. The van der Waals surface area contributed by atoms with Crippen LogP contribution in [0, 0.1) is 0 Å². The Morgan fingerprint density at radius 1 is 0.173 bits per heavy atom. The van der Waals surface area contributed by atoms with Gasteiger partial charge in [-0.2, -0.15) is 0 Å². The summed E-state index contributed by atoms with van der Waals surface area (Å²) in [6.45, 7) is 49.3. The van der Waals surface area contributed by atoms with Gasteiger partial charge in [-0.1, -0.05) is 335 Å². The van der Waals surface area contributed by atoms with E-state index in [1.54, 1.807) is 146 Å². The molecule has 696 valence electrons. The monoisotopic (exact) mass is 2140 g/mol. The molecule has 0 radical (unpaired) electrons. The van der Waals surface area contributed by atoms with Gasteiger partial charge < -0.3 is 40.9 Å². The van der Waals surface area contributed by atoms with Crippen molar-refractivity contribution in [3.05, 3.63) is 330 Å². The molecule has 16 nitrogen and oxygen atoms in total. The third-order valence-corrected chi connectivity index (χ3v) is 23.2. The van der Waals surface area contributed by atoms with E-state index in [9.17, 15) is 40.9 Å². The first-order chi connectivity index (χ1) is 60.3. The van der Waals surface area contributed by atoms with Crippen molar-refractivity contribution < 1.29 is 123 Å². The number of rotatable bonds is 20. The predicted octanol–water partition coefficient (Wildman–Crippen LogP) is 23.0. The molecular weight excluding hydrogens is 2020 g/mol. The van der Waals surface area contributed by atoms with Crippen molar-refractivity contribution in [1.82, 2.24) is 0 Å². The van der Waals surface area contributed by atoms with Gasteiger partial charge in [-0.3, -0.25) is 39.9 Å². The van der Waals surface area contributed by atoms with Gasteiger partial charge in [0.25, 0.3) is 0 Å².